The molecule has 0 aliphatic carbocycles. The van der Waals surface area contributed by atoms with Gasteiger partial charge in [-0.1, -0.05) is 24.6 Å². The van der Waals surface area contributed by atoms with Crippen LogP contribution in [0.4, 0.5) is 13.2 Å². The second-order valence-electron chi connectivity index (χ2n) is 6.10. The van der Waals surface area contributed by atoms with Gasteiger partial charge in [0.1, 0.15) is 11.1 Å². The number of hydrogen-bond donors (Lipinski definition) is 0. The monoisotopic (exact) mass is 371 g/mol. The quantitative estimate of drug-likeness (QED) is 0.749. The van der Waals surface area contributed by atoms with Gasteiger partial charge >= 0.3 is 6.18 Å². The summed E-state index contributed by atoms with van der Waals surface area (Å²) in [4.78, 5) is 18.4. The van der Waals surface area contributed by atoms with Crippen molar-refractivity contribution in [1.82, 2.24) is 9.88 Å². The number of aromatic nitrogens is 1. The minimum absolute atomic E-state index is 0.0366. The van der Waals surface area contributed by atoms with Gasteiger partial charge in [-0.3, -0.25) is 4.79 Å². The summed E-state index contributed by atoms with van der Waals surface area (Å²) in [5, 5.41) is 8.56. The summed E-state index contributed by atoms with van der Waals surface area (Å²) in [6.45, 7) is 4.44. The molecule has 1 atom stereocenters. The van der Waals surface area contributed by atoms with Gasteiger partial charge in [-0.15, -0.1) is 0 Å². The fraction of sp³-hybridized carbons (Fsp3) is 0.588. The molecule has 1 aliphatic rings. The van der Waals surface area contributed by atoms with Gasteiger partial charge in [0.05, 0.1) is 16.4 Å². The number of halogens is 3. The number of carbonyl (C=O) groups is 1. The fourth-order valence-corrected chi connectivity index (χ4v) is 3.88. The van der Waals surface area contributed by atoms with Gasteiger partial charge in [0, 0.05) is 18.8 Å². The predicted octanol–water partition coefficient (Wildman–Crippen LogP) is 4.16. The zero-order valence-electron chi connectivity index (χ0n) is 14.2. The molecule has 1 aromatic rings. The summed E-state index contributed by atoms with van der Waals surface area (Å²) in [6, 6.07) is 2.47. The lowest BCUT2D eigenvalue weighted by atomic mass is 10.1. The average Bonchev–Trinajstić information content (AvgIpc) is 2.82. The van der Waals surface area contributed by atoms with Gasteiger partial charge in [-0.25, -0.2) is 4.98 Å². The summed E-state index contributed by atoms with van der Waals surface area (Å²) in [6.07, 6.45) is -0.594. The molecule has 0 N–H and O–H groups in total. The molecule has 2 rings (SSSR count). The van der Waals surface area contributed by atoms with Gasteiger partial charge in [-0.05, 0) is 32.8 Å². The largest absolute Gasteiger partial charge is 0.417 e. The van der Waals surface area contributed by atoms with Crippen molar-refractivity contribution < 1.29 is 18.0 Å². The van der Waals surface area contributed by atoms with Crippen molar-refractivity contribution in [3.63, 3.8) is 0 Å². The summed E-state index contributed by atoms with van der Waals surface area (Å²) < 4.78 is 39.5. The first-order chi connectivity index (χ1) is 11.7. The Labute approximate surface area is 149 Å². The third-order valence-electron chi connectivity index (χ3n) is 4.09. The molecule has 1 amide bonds. The molecule has 2 heterocycles. The van der Waals surface area contributed by atoms with Crippen LogP contribution in [0.5, 0.6) is 0 Å². The number of carbonyl (C=O) groups excluding carboxylic acids is 1. The number of alkyl halides is 3. The molecular formula is C17H20F3N3OS. The van der Waals surface area contributed by atoms with E-state index in [4.69, 9.17) is 0 Å². The van der Waals surface area contributed by atoms with E-state index in [9.17, 15) is 23.2 Å². The SMILES string of the molecule is Cc1cc(C(F)(F)F)c(C#N)c(S[C@@H](C)C(=O)N2CCCCCC2)n1. The molecule has 1 saturated heterocycles. The molecule has 0 unspecified atom stereocenters. The highest BCUT2D eigenvalue weighted by molar-refractivity contribution is 8.00. The van der Waals surface area contributed by atoms with Crippen LogP contribution < -0.4 is 0 Å². The molecule has 25 heavy (non-hydrogen) atoms. The van der Waals surface area contributed by atoms with E-state index in [0.717, 1.165) is 43.5 Å². The van der Waals surface area contributed by atoms with E-state index < -0.39 is 22.6 Å². The molecule has 0 bridgehead atoms. The van der Waals surface area contributed by atoms with E-state index in [2.05, 4.69) is 4.98 Å². The summed E-state index contributed by atoms with van der Waals surface area (Å²) >= 11 is 0.923. The van der Waals surface area contributed by atoms with Crippen LogP contribution in [0.25, 0.3) is 0 Å². The number of likely N-dealkylation sites (tertiary alicyclic amines) is 1. The standard InChI is InChI=1S/C17H20F3N3OS/c1-11-9-14(17(18,19)20)13(10-21)15(22-11)25-12(2)16(24)23-7-5-3-4-6-8-23/h9,12H,3-8H2,1-2H3/t12-/m0/s1. The van der Waals surface area contributed by atoms with Crippen LogP contribution in [0, 0.1) is 18.3 Å². The maximum absolute atomic E-state index is 13.2. The number of pyridine rings is 1. The third kappa shape index (κ3) is 4.88. The number of amides is 1. The summed E-state index contributed by atoms with van der Waals surface area (Å²) in [5.41, 5.74) is -1.35. The summed E-state index contributed by atoms with van der Waals surface area (Å²) in [7, 11) is 0. The van der Waals surface area contributed by atoms with E-state index in [1.165, 1.54) is 6.92 Å². The van der Waals surface area contributed by atoms with E-state index in [1.807, 2.05) is 0 Å². The minimum Gasteiger partial charge on any atom is -0.342 e. The van der Waals surface area contributed by atoms with Crippen LogP contribution in [-0.4, -0.2) is 34.1 Å². The van der Waals surface area contributed by atoms with Crippen molar-refractivity contribution in [1.29, 1.82) is 5.26 Å². The van der Waals surface area contributed by atoms with Gasteiger partial charge in [0.25, 0.3) is 0 Å². The summed E-state index contributed by atoms with van der Waals surface area (Å²) in [5.74, 6) is -0.118. The first-order valence-corrected chi connectivity index (χ1v) is 9.06. The maximum atomic E-state index is 13.2. The second kappa shape index (κ2) is 8.09. The van der Waals surface area contributed by atoms with Crippen molar-refractivity contribution in [2.45, 2.75) is 56.0 Å². The molecule has 136 valence electrons. The topological polar surface area (TPSA) is 57.0 Å². The molecule has 0 saturated carbocycles. The zero-order chi connectivity index (χ0) is 18.6. The highest BCUT2D eigenvalue weighted by Gasteiger charge is 2.36. The van der Waals surface area contributed by atoms with E-state index in [0.29, 0.717) is 13.1 Å². The molecule has 1 aliphatic heterocycles. The minimum atomic E-state index is -4.63. The van der Waals surface area contributed by atoms with Gasteiger partial charge in [-0.2, -0.15) is 18.4 Å². The van der Waals surface area contributed by atoms with E-state index in [-0.39, 0.29) is 16.6 Å². The normalized spacial score (nSPS) is 16.9. The van der Waals surface area contributed by atoms with Crippen LogP contribution in [0.2, 0.25) is 0 Å². The number of hydrogen-bond acceptors (Lipinski definition) is 4. The molecule has 0 spiro atoms. The van der Waals surface area contributed by atoms with Gasteiger partial charge in [0.15, 0.2) is 0 Å². The zero-order valence-corrected chi connectivity index (χ0v) is 15.0. The molecule has 8 heteroatoms. The fourth-order valence-electron chi connectivity index (χ4n) is 2.83. The van der Waals surface area contributed by atoms with Crippen LogP contribution >= 0.6 is 11.8 Å². The van der Waals surface area contributed by atoms with Crippen molar-refractivity contribution in [3.05, 3.63) is 22.9 Å². The Morgan fingerprint density at radius 3 is 2.44 bits per heavy atom. The van der Waals surface area contributed by atoms with Crippen molar-refractivity contribution in [2.75, 3.05) is 13.1 Å². The first-order valence-electron chi connectivity index (χ1n) is 8.18. The Balaban J connectivity index is 2.25. The Morgan fingerprint density at radius 2 is 1.92 bits per heavy atom. The predicted molar refractivity (Wildman–Crippen MR) is 89.1 cm³/mol. The molecule has 0 aromatic carbocycles. The Kier molecular flexibility index (Phi) is 6.33. The first kappa shape index (κ1) is 19.6. The van der Waals surface area contributed by atoms with E-state index >= 15 is 0 Å². The highest BCUT2D eigenvalue weighted by Crippen LogP contribution is 2.37. The Hall–Kier alpha value is -1.75. The molecule has 0 radical (unpaired) electrons. The number of aryl methyl sites for hydroxylation is 1. The molecule has 4 nitrogen and oxygen atoms in total. The molecule has 1 aromatic heterocycles. The second-order valence-corrected chi connectivity index (χ2v) is 7.43. The lowest BCUT2D eigenvalue weighted by Gasteiger charge is -2.24. The number of thioether (sulfide) groups is 1. The van der Waals surface area contributed by atoms with Crippen molar-refractivity contribution in [3.8, 4) is 6.07 Å². The van der Waals surface area contributed by atoms with Crippen molar-refractivity contribution >= 4 is 17.7 Å². The lowest BCUT2D eigenvalue weighted by molar-refractivity contribution is -0.138. The molecular weight excluding hydrogens is 351 g/mol. The number of nitriles is 1. The smallest absolute Gasteiger partial charge is 0.342 e. The van der Waals surface area contributed by atoms with Crippen LogP contribution in [0.3, 0.4) is 0 Å². The van der Waals surface area contributed by atoms with Crippen LogP contribution in [0.15, 0.2) is 11.1 Å². The Bertz CT molecular complexity index is 677. The van der Waals surface area contributed by atoms with Crippen LogP contribution in [0.1, 0.15) is 49.4 Å². The number of rotatable bonds is 3. The van der Waals surface area contributed by atoms with Gasteiger partial charge in [0.2, 0.25) is 5.91 Å². The van der Waals surface area contributed by atoms with Crippen molar-refractivity contribution in [2.24, 2.45) is 0 Å². The van der Waals surface area contributed by atoms with Gasteiger partial charge < -0.3 is 4.90 Å². The number of nitrogens with zero attached hydrogens (tertiary/aromatic N) is 3. The van der Waals surface area contributed by atoms with Crippen LogP contribution in [-0.2, 0) is 11.0 Å². The average molecular weight is 371 g/mol. The highest BCUT2D eigenvalue weighted by atomic mass is 32.2. The lowest BCUT2D eigenvalue weighted by Crippen LogP contribution is -2.37. The molecule has 1 fully saturated rings. The van der Waals surface area contributed by atoms with E-state index in [1.54, 1.807) is 17.9 Å². The third-order valence-corrected chi connectivity index (χ3v) is 5.16. The maximum Gasteiger partial charge on any atom is 0.417 e. The Morgan fingerprint density at radius 1 is 1.32 bits per heavy atom.